The van der Waals surface area contributed by atoms with Crippen molar-refractivity contribution in [3.8, 4) is 0 Å². The van der Waals surface area contributed by atoms with Crippen LogP contribution in [0, 0.1) is 0 Å². The van der Waals surface area contributed by atoms with Crippen molar-refractivity contribution in [1.82, 2.24) is 0 Å². The lowest BCUT2D eigenvalue weighted by Gasteiger charge is -1.90. The molecule has 0 fully saturated rings. The molecular formula is C8H9O3. The van der Waals surface area contributed by atoms with Gasteiger partial charge in [0.15, 0.2) is 5.78 Å². The van der Waals surface area contributed by atoms with Gasteiger partial charge < -0.3 is 0 Å². The summed E-state index contributed by atoms with van der Waals surface area (Å²) in [6, 6.07) is 0. The second kappa shape index (κ2) is 4.44. The molecule has 0 N–H and O–H groups in total. The van der Waals surface area contributed by atoms with Crippen LogP contribution in [0.3, 0.4) is 0 Å². The Morgan fingerprint density at radius 2 is 2.00 bits per heavy atom. The molecule has 59 valence electrons. The molecule has 3 heteroatoms. The van der Waals surface area contributed by atoms with Crippen LogP contribution in [0.25, 0.3) is 0 Å². The maximum atomic E-state index is 10.8. The van der Waals surface area contributed by atoms with Gasteiger partial charge in [-0.05, 0) is 12.5 Å². The molecule has 0 spiro atoms. The van der Waals surface area contributed by atoms with E-state index in [9.17, 15) is 14.7 Å². The van der Waals surface area contributed by atoms with E-state index in [1.165, 1.54) is 6.08 Å². The van der Waals surface area contributed by atoms with Crippen LogP contribution >= 0.6 is 0 Å². The molecule has 0 bridgehead atoms. The third kappa shape index (κ3) is 5.08. The predicted octanol–water partition coefficient (Wildman–Crippen LogP) is 1.03. The fourth-order valence-corrected chi connectivity index (χ4v) is 0.436. The molecular weight excluding hydrogens is 144 g/mol. The largest absolute Gasteiger partial charge is 0.378 e. The summed E-state index contributed by atoms with van der Waals surface area (Å²) in [7, 11) is 0. The van der Waals surface area contributed by atoms with Gasteiger partial charge in [-0.2, -0.15) is 0 Å². The molecule has 0 saturated carbocycles. The Balaban J connectivity index is 3.80. The highest BCUT2D eigenvalue weighted by Gasteiger charge is 1.98. The first-order chi connectivity index (χ1) is 5.04. The smallest absolute Gasteiger partial charge is 0.294 e. The second-order valence-corrected chi connectivity index (χ2v) is 2.13. The Kier molecular flexibility index (Phi) is 3.88. The van der Waals surface area contributed by atoms with Gasteiger partial charge >= 0.3 is 5.97 Å². The van der Waals surface area contributed by atoms with Crippen molar-refractivity contribution in [2.75, 3.05) is 0 Å². The van der Waals surface area contributed by atoms with Crippen LogP contribution in [0.2, 0.25) is 0 Å². The van der Waals surface area contributed by atoms with Crippen LogP contribution in [0.4, 0.5) is 0 Å². The molecule has 11 heavy (non-hydrogen) atoms. The van der Waals surface area contributed by atoms with E-state index >= 15 is 0 Å². The third-order valence-electron chi connectivity index (χ3n) is 1.03. The molecule has 1 radical (unpaired) electrons. The van der Waals surface area contributed by atoms with E-state index in [2.05, 4.69) is 6.58 Å². The Hall–Kier alpha value is -1.38. The highest BCUT2D eigenvalue weighted by atomic mass is 16.4. The summed E-state index contributed by atoms with van der Waals surface area (Å²) in [5, 5.41) is 9.82. The van der Waals surface area contributed by atoms with E-state index in [4.69, 9.17) is 0 Å². The van der Waals surface area contributed by atoms with E-state index in [1.807, 2.05) is 0 Å². The summed E-state index contributed by atoms with van der Waals surface area (Å²) in [4.78, 5) is 20.6. The zero-order chi connectivity index (χ0) is 8.85. The first-order valence-electron chi connectivity index (χ1n) is 3.10. The maximum absolute atomic E-state index is 10.8. The average Bonchev–Trinajstić information content (AvgIpc) is 1.86. The number of hydrogen-bond acceptors (Lipinski definition) is 2. The van der Waals surface area contributed by atoms with Crippen LogP contribution in [-0.4, -0.2) is 11.8 Å². The van der Waals surface area contributed by atoms with Crippen LogP contribution in [-0.2, 0) is 14.7 Å². The molecule has 0 unspecified atom stereocenters. The molecule has 0 atom stereocenters. The normalized spacial score (nSPS) is 9.91. The van der Waals surface area contributed by atoms with Gasteiger partial charge in [-0.1, -0.05) is 12.7 Å². The van der Waals surface area contributed by atoms with E-state index < -0.39 is 5.97 Å². The Morgan fingerprint density at radius 1 is 1.45 bits per heavy atom. The second-order valence-electron chi connectivity index (χ2n) is 2.13. The van der Waals surface area contributed by atoms with Gasteiger partial charge in [-0.25, -0.2) is 9.90 Å². The van der Waals surface area contributed by atoms with Crippen molar-refractivity contribution in [3.63, 3.8) is 0 Å². The number of hydrogen-bond donors (Lipinski definition) is 0. The zero-order valence-corrected chi connectivity index (χ0v) is 6.29. The Morgan fingerprint density at radius 3 is 2.36 bits per heavy atom. The summed E-state index contributed by atoms with van der Waals surface area (Å²) in [5.74, 6) is -1.46. The lowest BCUT2D eigenvalue weighted by Crippen LogP contribution is -1.95. The molecule has 0 amide bonds. The zero-order valence-electron chi connectivity index (χ0n) is 6.29. The van der Waals surface area contributed by atoms with Crippen molar-refractivity contribution in [2.45, 2.75) is 13.3 Å². The third-order valence-corrected chi connectivity index (χ3v) is 1.03. The quantitative estimate of drug-likeness (QED) is 0.566. The first-order valence-corrected chi connectivity index (χ1v) is 3.10. The van der Waals surface area contributed by atoms with E-state index in [1.54, 1.807) is 6.92 Å². The molecule has 0 aromatic carbocycles. The van der Waals surface area contributed by atoms with Crippen molar-refractivity contribution in [1.29, 1.82) is 0 Å². The summed E-state index contributed by atoms with van der Waals surface area (Å²) >= 11 is 0. The van der Waals surface area contributed by atoms with Crippen molar-refractivity contribution < 1.29 is 14.7 Å². The number of allylic oxidation sites excluding steroid dienone is 2. The topological polar surface area (TPSA) is 54.0 Å². The molecule has 0 aliphatic rings. The number of carbonyl (C=O) groups excluding carboxylic acids is 2. The monoisotopic (exact) mass is 153 g/mol. The van der Waals surface area contributed by atoms with Crippen LogP contribution in [0.5, 0.6) is 0 Å². The van der Waals surface area contributed by atoms with Gasteiger partial charge in [0.25, 0.3) is 0 Å². The molecule has 0 saturated heterocycles. The average molecular weight is 153 g/mol. The van der Waals surface area contributed by atoms with Gasteiger partial charge in [0.05, 0.1) is 0 Å². The number of rotatable bonds is 4. The lowest BCUT2D eigenvalue weighted by molar-refractivity contribution is -0.137. The van der Waals surface area contributed by atoms with Gasteiger partial charge in [0.2, 0.25) is 0 Å². The Labute approximate surface area is 65.0 Å². The van der Waals surface area contributed by atoms with Crippen molar-refractivity contribution in [2.24, 2.45) is 0 Å². The Bertz CT molecular complexity index is 213. The van der Waals surface area contributed by atoms with Gasteiger partial charge in [-0.3, -0.25) is 4.79 Å². The van der Waals surface area contributed by atoms with Crippen LogP contribution in [0.15, 0.2) is 24.3 Å². The molecule has 0 aromatic rings. The van der Waals surface area contributed by atoms with E-state index in [-0.39, 0.29) is 12.2 Å². The lowest BCUT2D eigenvalue weighted by atomic mass is 10.1. The standard InChI is InChI=1S/C8H9O3/c1-6(2)7(9)4-3-5-8(10)11/h3,5H,1,4H2,2H3. The molecule has 0 aliphatic carbocycles. The molecule has 0 aliphatic heterocycles. The minimum atomic E-state index is -1.29. The fraction of sp³-hybridized carbons (Fsp3) is 0.250. The summed E-state index contributed by atoms with van der Waals surface area (Å²) in [6.45, 7) is 4.98. The van der Waals surface area contributed by atoms with Crippen LogP contribution < -0.4 is 0 Å². The van der Waals surface area contributed by atoms with Crippen molar-refractivity contribution in [3.05, 3.63) is 24.3 Å². The maximum Gasteiger partial charge on any atom is 0.378 e. The molecule has 0 aromatic heterocycles. The van der Waals surface area contributed by atoms with E-state index in [0.29, 0.717) is 5.57 Å². The molecule has 0 rings (SSSR count). The predicted molar refractivity (Wildman–Crippen MR) is 39.3 cm³/mol. The fourth-order valence-electron chi connectivity index (χ4n) is 0.436. The molecule has 3 nitrogen and oxygen atoms in total. The van der Waals surface area contributed by atoms with Crippen molar-refractivity contribution >= 4 is 11.8 Å². The van der Waals surface area contributed by atoms with E-state index in [0.717, 1.165) is 6.08 Å². The summed E-state index contributed by atoms with van der Waals surface area (Å²) < 4.78 is 0. The number of Topliss-reactive ketones (excluding diaryl/α,β-unsaturated/α-hetero) is 1. The van der Waals surface area contributed by atoms with Gasteiger partial charge in [-0.15, -0.1) is 0 Å². The number of carbonyl (C=O) groups is 2. The highest BCUT2D eigenvalue weighted by molar-refractivity contribution is 5.95. The summed E-state index contributed by atoms with van der Waals surface area (Å²) in [5.41, 5.74) is 0.424. The van der Waals surface area contributed by atoms with Gasteiger partial charge in [0.1, 0.15) is 0 Å². The summed E-state index contributed by atoms with van der Waals surface area (Å²) in [6.07, 6.45) is 2.15. The first kappa shape index (κ1) is 9.62. The number of ketones is 1. The minimum absolute atomic E-state index is 0.0727. The minimum Gasteiger partial charge on any atom is -0.294 e. The van der Waals surface area contributed by atoms with Crippen LogP contribution in [0.1, 0.15) is 13.3 Å². The van der Waals surface area contributed by atoms with Gasteiger partial charge in [0, 0.05) is 12.5 Å². The SMILES string of the molecule is C=C(C)C(=O)CC=CC([O])=O. The molecule has 0 heterocycles. The highest BCUT2D eigenvalue weighted by Crippen LogP contribution is 1.95.